The molecule has 2 N–H and O–H groups in total. The van der Waals surface area contributed by atoms with E-state index in [1.807, 2.05) is 18.2 Å². The van der Waals surface area contributed by atoms with Crippen LogP contribution < -0.4 is 10.5 Å². The van der Waals surface area contributed by atoms with Gasteiger partial charge in [0, 0.05) is 19.6 Å². The minimum atomic E-state index is -3.80. The number of aryl methyl sites for hydroxylation is 1. The van der Waals surface area contributed by atoms with Gasteiger partial charge in [0.2, 0.25) is 10.0 Å². The Balaban J connectivity index is 1.72. The Labute approximate surface area is 196 Å². The van der Waals surface area contributed by atoms with Crippen molar-refractivity contribution in [2.45, 2.75) is 44.3 Å². The Morgan fingerprint density at radius 2 is 1.85 bits per heavy atom. The topological polar surface area (TPSA) is 98.9 Å². The average molecular weight is 475 g/mol. The van der Waals surface area contributed by atoms with Crippen LogP contribution in [0.5, 0.6) is 5.75 Å². The van der Waals surface area contributed by atoms with E-state index in [0.29, 0.717) is 39.1 Å². The Kier molecular flexibility index (Phi) is 7.82. The number of hydrogen-bond acceptors (Lipinski definition) is 6. The third-order valence-corrected chi connectivity index (χ3v) is 8.87. The third kappa shape index (κ3) is 5.23. The molecule has 0 spiro atoms. The SMILES string of the molecule is COC(=O)C(C)(C)S(=O)(=O)N1CCC(c2ccc(-c3cccc(OCCN)c3)c(C)c2)CC1. The third-order valence-electron chi connectivity index (χ3n) is 6.37. The van der Waals surface area contributed by atoms with Crippen LogP contribution in [0, 0.1) is 6.92 Å². The van der Waals surface area contributed by atoms with Gasteiger partial charge in [-0.1, -0.05) is 30.3 Å². The van der Waals surface area contributed by atoms with Crippen LogP contribution in [0.15, 0.2) is 42.5 Å². The molecule has 33 heavy (non-hydrogen) atoms. The second-order valence-electron chi connectivity index (χ2n) is 8.92. The van der Waals surface area contributed by atoms with Gasteiger partial charge in [0.25, 0.3) is 0 Å². The lowest BCUT2D eigenvalue weighted by Crippen LogP contribution is -2.52. The van der Waals surface area contributed by atoms with E-state index >= 15 is 0 Å². The van der Waals surface area contributed by atoms with Gasteiger partial charge in [0.1, 0.15) is 12.4 Å². The number of methoxy groups -OCH3 is 1. The first kappa shape index (κ1) is 25.2. The highest BCUT2D eigenvalue weighted by Gasteiger charge is 2.47. The molecule has 1 heterocycles. The highest BCUT2D eigenvalue weighted by Crippen LogP contribution is 2.35. The Morgan fingerprint density at radius 1 is 1.15 bits per heavy atom. The molecule has 0 aromatic heterocycles. The van der Waals surface area contributed by atoms with Gasteiger partial charge in [-0.15, -0.1) is 0 Å². The molecule has 0 bridgehead atoms. The van der Waals surface area contributed by atoms with Crippen molar-refractivity contribution in [2.75, 3.05) is 33.4 Å². The molecule has 1 saturated heterocycles. The number of ether oxygens (including phenoxy) is 2. The summed E-state index contributed by atoms with van der Waals surface area (Å²) in [4.78, 5) is 12.0. The van der Waals surface area contributed by atoms with E-state index < -0.39 is 20.7 Å². The fourth-order valence-corrected chi connectivity index (χ4v) is 5.93. The van der Waals surface area contributed by atoms with Crippen molar-refractivity contribution in [3.05, 3.63) is 53.6 Å². The Hall–Kier alpha value is -2.42. The summed E-state index contributed by atoms with van der Waals surface area (Å²) in [5, 5.41) is 0. The molecule has 180 valence electrons. The summed E-state index contributed by atoms with van der Waals surface area (Å²) in [5.74, 6) is 0.322. The van der Waals surface area contributed by atoms with Gasteiger partial charge < -0.3 is 15.2 Å². The van der Waals surface area contributed by atoms with E-state index in [2.05, 4.69) is 31.2 Å². The van der Waals surface area contributed by atoms with Crippen molar-refractivity contribution in [1.82, 2.24) is 4.31 Å². The molecule has 0 radical (unpaired) electrons. The summed E-state index contributed by atoms with van der Waals surface area (Å²) in [7, 11) is -2.59. The van der Waals surface area contributed by atoms with Crippen LogP contribution >= 0.6 is 0 Å². The lowest BCUT2D eigenvalue weighted by atomic mass is 9.87. The number of carbonyl (C=O) groups excluding carboxylic acids is 1. The zero-order chi connectivity index (χ0) is 24.2. The smallest absolute Gasteiger partial charge is 0.328 e. The maximum absolute atomic E-state index is 13.0. The molecule has 0 aliphatic carbocycles. The van der Waals surface area contributed by atoms with E-state index in [0.717, 1.165) is 22.4 Å². The number of nitrogens with zero attached hydrogens (tertiary/aromatic N) is 1. The van der Waals surface area contributed by atoms with Crippen molar-refractivity contribution < 1.29 is 22.7 Å². The standard InChI is InChI=1S/C25H34N2O5S/c1-18-16-20(8-9-23(18)21-6-5-7-22(17-21)32-15-12-26)19-10-13-27(14-11-19)33(29,30)25(2,3)24(28)31-4/h5-9,16-17,19H,10-15,26H2,1-4H3. The molecule has 2 aromatic carbocycles. The van der Waals surface area contributed by atoms with Crippen LogP contribution in [0.2, 0.25) is 0 Å². The molecule has 1 aliphatic heterocycles. The first-order chi connectivity index (χ1) is 15.6. The molecule has 0 unspecified atom stereocenters. The predicted molar refractivity (Wildman–Crippen MR) is 130 cm³/mol. The number of piperidine rings is 1. The second-order valence-corrected chi connectivity index (χ2v) is 11.4. The minimum absolute atomic E-state index is 0.268. The van der Waals surface area contributed by atoms with Gasteiger partial charge in [-0.3, -0.25) is 4.79 Å². The van der Waals surface area contributed by atoms with Crippen molar-refractivity contribution in [3.8, 4) is 16.9 Å². The zero-order valence-electron chi connectivity index (χ0n) is 19.8. The Morgan fingerprint density at radius 3 is 2.45 bits per heavy atom. The highest BCUT2D eigenvalue weighted by atomic mass is 32.2. The second kappa shape index (κ2) is 10.2. The van der Waals surface area contributed by atoms with Crippen molar-refractivity contribution >= 4 is 16.0 Å². The van der Waals surface area contributed by atoms with E-state index in [-0.39, 0.29) is 5.92 Å². The van der Waals surface area contributed by atoms with Crippen LogP contribution in [0.25, 0.3) is 11.1 Å². The van der Waals surface area contributed by atoms with Gasteiger partial charge in [-0.2, -0.15) is 0 Å². The molecular weight excluding hydrogens is 440 g/mol. The van der Waals surface area contributed by atoms with Gasteiger partial charge in [-0.25, -0.2) is 12.7 Å². The van der Waals surface area contributed by atoms with Crippen LogP contribution in [-0.4, -0.2) is 56.8 Å². The number of sulfonamides is 1. The highest BCUT2D eigenvalue weighted by molar-refractivity contribution is 7.91. The average Bonchev–Trinajstić information content (AvgIpc) is 2.82. The van der Waals surface area contributed by atoms with Crippen molar-refractivity contribution in [2.24, 2.45) is 5.73 Å². The maximum Gasteiger partial charge on any atom is 0.328 e. The molecule has 0 amide bonds. The summed E-state index contributed by atoms with van der Waals surface area (Å²) in [6.07, 6.45) is 1.41. The molecular formula is C25H34N2O5S. The van der Waals surface area contributed by atoms with Gasteiger partial charge in [0.05, 0.1) is 7.11 Å². The van der Waals surface area contributed by atoms with E-state index in [1.54, 1.807) is 0 Å². The first-order valence-corrected chi connectivity index (χ1v) is 12.7. The molecule has 2 aromatic rings. The van der Waals surface area contributed by atoms with Gasteiger partial charge in [-0.05, 0) is 73.9 Å². The number of nitrogens with two attached hydrogens (primary N) is 1. The summed E-state index contributed by atoms with van der Waals surface area (Å²) in [6, 6.07) is 14.4. The number of benzene rings is 2. The first-order valence-electron chi connectivity index (χ1n) is 11.2. The van der Waals surface area contributed by atoms with Crippen LogP contribution in [-0.2, 0) is 19.6 Å². The predicted octanol–water partition coefficient (Wildman–Crippen LogP) is 3.46. The van der Waals surface area contributed by atoms with Gasteiger partial charge in [0.15, 0.2) is 4.75 Å². The lowest BCUT2D eigenvalue weighted by molar-refractivity contribution is -0.142. The van der Waals surface area contributed by atoms with Crippen LogP contribution in [0.1, 0.15) is 43.7 Å². The fraction of sp³-hybridized carbons (Fsp3) is 0.480. The molecule has 3 rings (SSSR count). The largest absolute Gasteiger partial charge is 0.492 e. The number of hydrogen-bond donors (Lipinski definition) is 1. The summed E-state index contributed by atoms with van der Waals surface area (Å²) < 4.78 is 36.2. The molecule has 1 fully saturated rings. The monoisotopic (exact) mass is 474 g/mol. The fourth-order valence-electron chi connectivity index (χ4n) is 4.30. The molecule has 0 saturated carbocycles. The summed E-state index contributed by atoms with van der Waals surface area (Å²) in [5.41, 5.74) is 10.1. The molecule has 7 nitrogen and oxygen atoms in total. The van der Waals surface area contributed by atoms with Crippen molar-refractivity contribution in [1.29, 1.82) is 0 Å². The van der Waals surface area contributed by atoms with Crippen LogP contribution in [0.3, 0.4) is 0 Å². The van der Waals surface area contributed by atoms with E-state index in [1.165, 1.54) is 30.8 Å². The van der Waals surface area contributed by atoms with Crippen LogP contribution in [0.4, 0.5) is 0 Å². The summed E-state index contributed by atoms with van der Waals surface area (Å²) >= 11 is 0. The number of carbonyl (C=O) groups is 1. The summed E-state index contributed by atoms with van der Waals surface area (Å²) in [6.45, 7) is 6.61. The maximum atomic E-state index is 13.0. The van der Waals surface area contributed by atoms with E-state index in [9.17, 15) is 13.2 Å². The normalized spacial score (nSPS) is 15.9. The minimum Gasteiger partial charge on any atom is -0.492 e. The lowest BCUT2D eigenvalue weighted by Gasteiger charge is -2.35. The van der Waals surface area contributed by atoms with E-state index in [4.69, 9.17) is 15.2 Å². The molecule has 1 aliphatic rings. The molecule has 8 heteroatoms. The Bertz CT molecular complexity index is 1090. The zero-order valence-corrected chi connectivity index (χ0v) is 20.7. The molecule has 0 atom stereocenters. The number of esters is 1. The van der Waals surface area contributed by atoms with Crippen molar-refractivity contribution in [3.63, 3.8) is 0 Å². The van der Waals surface area contributed by atoms with Gasteiger partial charge >= 0.3 is 5.97 Å². The quantitative estimate of drug-likeness (QED) is 0.588. The number of rotatable bonds is 8.